The summed E-state index contributed by atoms with van der Waals surface area (Å²) in [6.45, 7) is -0.928. The summed E-state index contributed by atoms with van der Waals surface area (Å²) in [5, 5.41) is 4.08. The van der Waals surface area contributed by atoms with E-state index in [1.165, 1.54) is 12.1 Å². The molecule has 0 bridgehead atoms. The van der Waals surface area contributed by atoms with Crippen molar-refractivity contribution in [1.29, 1.82) is 0 Å². The Morgan fingerprint density at radius 1 is 1.21 bits per heavy atom. The molecule has 1 amide bonds. The quantitative estimate of drug-likeness (QED) is 0.580. The number of benzene rings is 2. The van der Waals surface area contributed by atoms with Gasteiger partial charge in [0.1, 0.15) is 12.4 Å². The van der Waals surface area contributed by atoms with Crippen molar-refractivity contribution in [1.82, 2.24) is 5.43 Å². The number of carbonyl (C=O) groups is 1. The fourth-order valence-electron chi connectivity index (χ4n) is 2.59. The van der Waals surface area contributed by atoms with Crippen LogP contribution >= 0.6 is 0 Å². The average Bonchev–Trinajstić information content (AvgIpc) is 2.70. The number of fused-ring (bicyclic) bond motifs is 1. The van der Waals surface area contributed by atoms with E-state index >= 15 is 0 Å². The summed E-state index contributed by atoms with van der Waals surface area (Å²) in [5.41, 5.74) is 4.16. The Morgan fingerprint density at radius 3 is 2.64 bits per heavy atom. The van der Waals surface area contributed by atoms with Crippen LogP contribution in [0.4, 0.5) is 8.78 Å². The highest BCUT2D eigenvalue weighted by atomic mass is 19.3. The number of nitrogens with one attached hydrogen (secondary N) is 1. The first-order valence-electron chi connectivity index (χ1n) is 8.76. The lowest BCUT2D eigenvalue weighted by molar-refractivity contribution is -0.130. The molecule has 2 aromatic rings. The van der Waals surface area contributed by atoms with Gasteiger partial charge in [-0.3, -0.25) is 4.79 Å². The van der Waals surface area contributed by atoms with Gasteiger partial charge in [0.2, 0.25) is 6.10 Å². The smallest absolute Gasteiger partial charge is 0.387 e. The highest BCUT2D eigenvalue weighted by Gasteiger charge is 2.27. The molecule has 1 heterocycles. The molecule has 0 unspecified atom stereocenters. The van der Waals surface area contributed by atoms with Gasteiger partial charge in [0.05, 0.1) is 0 Å². The van der Waals surface area contributed by atoms with Gasteiger partial charge in [0.25, 0.3) is 5.91 Å². The standard InChI is InChI=1S/C20H20F2N2O4/c1-13(6-7-14-8-10-15(11-9-14)27-20(21)22)23-24-19(25)18-12-26-16-4-2-3-5-17(16)28-18/h2-5,8-11,18,20H,6-7,12H2,1H3,(H,24,25)/b23-13-/t18-/m1/s1. The Kier molecular flexibility index (Phi) is 6.41. The fourth-order valence-corrected chi connectivity index (χ4v) is 2.59. The maximum absolute atomic E-state index is 12.2. The molecule has 1 atom stereocenters. The van der Waals surface area contributed by atoms with Crippen LogP contribution in [-0.2, 0) is 11.2 Å². The van der Waals surface area contributed by atoms with Gasteiger partial charge < -0.3 is 14.2 Å². The van der Waals surface area contributed by atoms with Gasteiger partial charge in [0.15, 0.2) is 11.5 Å². The summed E-state index contributed by atoms with van der Waals surface area (Å²) in [4.78, 5) is 12.2. The Balaban J connectivity index is 1.46. The number of nitrogens with zero attached hydrogens (tertiary/aromatic N) is 1. The zero-order chi connectivity index (χ0) is 19.9. The van der Waals surface area contributed by atoms with E-state index in [1.54, 1.807) is 37.3 Å². The minimum atomic E-state index is -2.84. The maximum atomic E-state index is 12.2. The van der Waals surface area contributed by atoms with Crippen LogP contribution in [-0.4, -0.2) is 30.9 Å². The van der Waals surface area contributed by atoms with Crippen molar-refractivity contribution in [2.45, 2.75) is 32.5 Å². The molecule has 0 aromatic heterocycles. The van der Waals surface area contributed by atoms with E-state index in [2.05, 4.69) is 15.3 Å². The van der Waals surface area contributed by atoms with Crippen LogP contribution in [0.15, 0.2) is 53.6 Å². The molecule has 148 valence electrons. The number of hydrazone groups is 1. The van der Waals surface area contributed by atoms with Crippen molar-refractivity contribution in [3.63, 3.8) is 0 Å². The number of aryl methyl sites for hydroxylation is 1. The van der Waals surface area contributed by atoms with Crippen LogP contribution in [0.5, 0.6) is 17.2 Å². The van der Waals surface area contributed by atoms with Crippen molar-refractivity contribution in [3.8, 4) is 17.2 Å². The van der Waals surface area contributed by atoms with Gasteiger partial charge in [-0.05, 0) is 49.6 Å². The summed E-state index contributed by atoms with van der Waals surface area (Å²) in [6, 6.07) is 13.6. The van der Waals surface area contributed by atoms with Gasteiger partial charge in [0, 0.05) is 5.71 Å². The van der Waals surface area contributed by atoms with E-state index in [9.17, 15) is 13.6 Å². The maximum Gasteiger partial charge on any atom is 0.387 e. The third kappa shape index (κ3) is 5.42. The van der Waals surface area contributed by atoms with E-state index in [1.807, 2.05) is 6.07 Å². The molecule has 28 heavy (non-hydrogen) atoms. The van der Waals surface area contributed by atoms with Gasteiger partial charge in [-0.1, -0.05) is 24.3 Å². The molecule has 6 nitrogen and oxygen atoms in total. The Morgan fingerprint density at radius 2 is 1.93 bits per heavy atom. The Hall–Kier alpha value is -3.16. The first-order chi connectivity index (χ1) is 13.5. The lowest BCUT2D eigenvalue weighted by atomic mass is 10.1. The van der Waals surface area contributed by atoms with Crippen molar-refractivity contribution >= 4 is 11.6 Å². The second-order valence-electron chi connectivity index (χ2n) is 6.21. The zero-order valence-electron chi connectivity index (χ0n) is 15.2. The first kappa shape index (κ1) is 19.6. The topological polar surface area (TPSA) is 69.2 Å². The van der Waals surface area contributed by atoms with Gasteiger partial charge in [-0.2, -0.15) is 13.9 Å². The normalized spacial score (nSPS) is 16.0. The molecule has 0 aliphatic carbocycles. The second-order valence-corrected chi connectivity index (χ2v) is 6.21. The van der Waals surface area contributed by atoms with Crippen molar-refractivity contribution in [3.05, 3.63) is 54.1 Å². The largest absolute Gasteiger partial charge is 0.485 e. The molecular formula is C20H20F2N2O4. The second kappa shape index (κ2) is 9.16. The van der Waals surface area contributed by atoms with E-state index in [0.29, 0.717) is 24.3 Å². The van der Waals surface area contributed by atoms with Crippen LogP contribution in [0.25, 0.3) is 0 Å². The molecular weight excluding hydrogens is 370 g/mol. The number of ether oxygens (including phenoxy) is 3. The van der Waals surface area contributed by atoms with Crippen LogP contribution in [0.2, 0.25) is 0 Å². The van der Waals surface area contributed by atoms with E-state index in [4.69, 9.17) is 9.47 Å². The van der Waals surface area contributed by atoms with Crippen LogP contribution in [0.3, 0.4) is 0 Å². The number of para-hydroxylation sites is 2. The number of alkyl halides is 2. The zero-order valence-corrected chi connectivity index (χ0v) is 15.2. The minimum Gasteiger partial charge on any atom is -0.485 e. The van der Waals surface area contributed by atoms with Gasteiger partial charge in [-0.15, -0.1) is 0 Å². The molecule has 1 aliphatic rings. The Bertz CT molecular complexity index is 840. The highest BCUT2D eigenvalue weighted by molar-refractivity contribution is 5.86. The molecule has 0 fully saturated rings. The highest BCUT2D eigenvalue weighted by Crippen LogP contribution is 2.30. The number of rotatable bonds is 7. The number of amides is 1. The predicted octanol–water partition coefficient (Wildman–Crippen LogP) is 3.55. The molecule has 2 aromatic carbocycles. The molecule has 0 saturated heterocycles. The molecule has 1 aliphatic heterocycles. The molecule has 0 saturated carbocycles. The molecule has 0 spiro atoms. The third-order valence-electron chi connectivity index (χ3n) is 4.08. The lowest BCUT2D eigenvalue weighted by Crippen LogP contribution is -2.42. The van der Waals surface area contributed by atoms with Crippen molar-refractivity contribution in [2.75, 3.05) is 6.61 Å². The summed E-state index contributed by atoms with van der Waals surface area (Å²) in [7, 11) is 0. The average molecular weight is 390 g/mol. The predicted molar refractivity (Wildman–Crippen MR) is 99.0 cm³/mol. The summed E-state index contributed by atoms with van der Waals surface area (Å²) < 4.78 is 39.7. The Labute approximate surface area is 161 Å². The summed E-state index contributed by atoms with van der Waals surface area (Å²) >= 11 is 0. The SMILES string of the molecule is C/C(CCc1ccc(OC(F)F)cc1)=N/NC(=O)[C@H]1COc2ccccc2O1. The van der Waals surface area contributed by atoms with Crippen LogP contribution in [0, 0.1) is 0 Å². The number of hydrogen-bond donors (Lipinski definition) is 1. The third-order valence-corrected chi connectivity index (χ3v) is 4.08. The fraction of sp³-hybridized carbons (Fsp3) is 0.300. The number of carbonyl (C=O) groups excluding carboxylic acids is 1. The first-order valence-corrected chi connectivity index (χ1v) is 8.76. The lowest BCUT2D eigenvalue weighted by Gasteiger charge is -2.24. The summed E-state index contributed by atoms with van der Waals surface area (Å²) in [6.07, 6.45) is 0.477. The van der Waals surface area contributed by atoms with Crippen molar-refractivity contribution in [2.24, 2.45) is 5.10 Å². The van der Waals surface area contributed by atoms with Gasteiger partial charge in [-0.25, -0.2) is 5.43 Å². The minimum absolute atomic E-state index is 0.116. The number of hydrogen-bond acceptors (Lipinski definition) is 5. The molecule has 1 N–H and O–H groups in total. The monoisotopic (exact) mass is 390 g/mol. The van der Waals surface area contributed by atoms with E-state index in [0.717, 1.165) is 11.3 Å². The summed E-state index contributed by atoms with van der Waals surface area (Å²) in [5.74, 6) is 0.861. The molecule has 3 rings (SSSR count). The van der Waals surface area contributed by atoms with Crippen molar-refractivity contribution < 1.29 is 27.8 Å². The number of halogens is 2. The van der Waals surface area contributed by atoms with Crippen LogP contribution in [0.1, 0.15) is 18.9 Å². The van der Waals surface area contributed by atoms with E-state index in [-0.39, 0.29) is 18.3 Å². The van der Waals surface area contributed by atoms with Gasteiger partial charge >= 0.3 is 6.61 Å². The molecule has 8 heteroatoms. The van der Waals surface area contributed by atoms with E-state index < -0.39 is 12.7 Å². The molecule has 0 radical (unpaired) electrons. The van der Waals surface area contributed by atoms with Crippen LogP contribution < -0.4 is 19.6 Å².